The molecule has 2 aliphatic heterocycles. The van der Waals surface area contributed by atoms with Gasteiger partial charge in [-0.05, 0) is 61.5 Å². The monoisotopic (exact) mass is 380 g/mol. The molecule has 0 radical (unpaired) electrons. The van der Waals surface area contributed by atoms with Gasteiger partial charge >= 0.3 is 0 Å². The van der Waals surface area contributed by atoms with Gasteiger partial charge in [0.2, 0.25) is 5.17 Å². The van der Waals surface area contributed by atoms with Crippen LogP contribution in [0.5, 0.6) is 5.75 Å². The van der Waals surface area contributed by atoms with Crippen LogP contribution in [-0.2, 0) is 4.79 Å². The summed E-state index contributed by atoms with van der Waals surface area (Å²) < 4.78 is 11.2. The minimum atomic E-state index is -0.483. The number of fused-ring (bicyclic) bond motifs is 1. The van der Waals surface area contributed by atoms with Gasteiger partial charge in [0.25, 0.3) is 5.91 Å². The van der Waals surface area contributed by atoms with Crippen molar-refractivity contribution in [1.82, 2.24) is 5.01 Å². The average molecular weight is 380 g/mol. The van der Waals surface area contributed by atoms with Crippen LogP contribution in [-0.4, -0.2) is 33.6 Å². The van der Waals surface area contributed by atoms with E-state index in [0.29, 0.717) is 16.0 Å². The molecule has 1 aromatic heterocycles. The highest BCUT2D eigenvalue weighted by atomic mass is 32.2. The summed E-state index contributed by atoms with van der Waals surface area (Å²) in [6, 6.07) is 11.3. The van der Waals surface area contributed by atoms with Gasteiger partial charge in [0.1, 0.15) is 28.9 Å². The summed E-state index contributed by atoms with van der Waals surface area (Å²) in [5, 5.41) is 15.0. The number of hydrazone groups is 1. The smallest absolute Gasteiger partial charge is 0.283 e. The lowest BCUT2D eigenvalue weighted by molar-refractivity contribution is -0.114. The summed E-state index contributed by atoms with van der Waals surface area (Å²) in [6.07, 6.45) is 1.51. The number of nitrogens with zero attached hydrogens (tertiary/aromatic N) is 3. The van der Waals surface area contributed by atoms with Gasteiger partial charge in [-0.3, -0.25) is 10.2 Å². The number of carbonyl (C=O) groups excluding carboxylic acids is 1. The van der Waals surface area contributed by atoms with Crippen LogP contribution >= 0.6 is 11.8 Å². The first-order chi connectivity index (χ1) is 13.0. The number of ether oxygens (including phenoxy) is 1. The minimum Gasteiger partial charge on any atom is -0.487 e. The van der Waals surface area contributed by atoms with Crippen molar-refractivity contribution < 1.29 is 13.9 Å². The maximum Gasteiger partial charge on any atom is 0.283 e. The zero-order valence-corrected chi connectivity index (χ0v) is 15.5. The lowest BCUT2D eigenvalue weighted by atomic mass is 10.1. The second-order valence-electron chi connectivity index (χ2n) is 6.07. The largest absolute Gasteiger partial charge is 0.487 e. The summed E-state index contributed by atoms with van der Waals surface area (Å²) in [5.41, 5.74) is 1.24. The predicted molar refractivity (Wildman–Crippen MR) is 105 cm³/mol. The number of amides is 1. The number of hydrogen-bond donors (Lipinski definition) is 1. The molecular weight excluding hydrogens is 364 g/mol. The fraction of sp³-hybridized carbons (Fsp3) is 0.158. The van der Waals surface area contributed by atoms with Crippen molar-refractivity contribution in [2.45, 2.75) is 13.8 Å². The van der Waals surface area contributed by atoms with Crippen molar-refractivity contribution in [1.29, 1.82) is 5.41 Å². The van der Waals surface area contributed by atoms with Crippen LogP contribution in [0.1, 0.15) is 17.1 Å². The molecule has 1 aromatic carbocycles. The molecule has 2 aliphatic rings. The number of nitrogens with one attached hydrogen (secondary N) is 1. The predicted octanol–water partition coefficient (Wildman–Crippen LogP) is 3.59. The van der Waals surface area contributed by atoms with Crippen molar-refractivity contribution >= 4 is 39.8 Å². The third kappa shape index (κ3) is 3.56. The van der Waals surface area contributed by atoms with Crippen LogP contribution in [0, 0.1) is 19.3 Å². The average Bonchev–Trinajstić information content (AvgIpc) is 3.23. The third-order valence-electron chi connectivity index (χ3n) is 3.90. The van der Waals surface area contributed by atoms with Crippen molar-refractivity contribution in [3.63, 3.8) is 0 Å². The molecule has 27 heavy (non-hydrogen) atoms. The number of hydrogen-bond acceptors (Lipinski definition) is 6. The minimum absolute atomic E-state index is 0.0305. The molecular formula is C19H16N4O3S. The fourth-order valence-corrected chi connectivity index (χ4v) is 3.41. The first-order valence-corrected chi connectivity index (χ1v) is 9.06. The van der Waals surface area contributed by atoms with E-state index in [1.165, 1.54) is 22.8 Å². The van der Waals surface area contributed by atoms with Crippen molar-refractivity contribution in [2.75, 3.05) is 6.61 Å². The topological polar surface area (TPSA) is 91.2 Å². The molecule has 0 saturated heterocycles. The molecule has 0 saturated carbocycles. The summed E-state index contributed by atoms with van der Waals surface area (Å²) in [6.45, 7) is 4.04. The molecule has 0 spiro atoms. The molecule has 1 N–H and O–H groups in total. The number of furan rings is 1. The van der Waals surface area contributed by atoms with Crippen LogP contribution in [0.15, 0.2) is 56.5 Å². The Morgan fingerprint density at radius 2 is 2.15 bits per heavy atom. The van der Waals surface area contributed by atoms with Crippen molar-refractivity contribution in [3.8, 4) is 5.75 Å². The molecule has 0 aliphatic carbocycles. The second kappa shape index (κ2) is 6.88. The molecule has 0 atom stereocenters. The highest BCUT2D eigenvalue weighted by Gasteiger charge is 2.35. The Morgan fingerprint density at radius 3 is 2.89 bits per heavy atom. The molecule has 0 bridgehead atoms. The Kier molecular flexibility index (Phi) is 4.41. The number of carbonyl (C=O) groups is 1. The number of amidine groups is 2. The van der Waals surface area contributed by atoms with Gasteiger partial charge in [0.15, 0.2) is 5.84 Å². The number of rotatable bonds is 4. The molecule has 8 heteroatoms. The number of aryl methyl sites for hydroxylation is 2. The first-order valence-electron chi connectivity index (χ1n) is 8.24. The van der Waals surface area contributed by atoms with Crippen LogP contribution in [0.3, 0.4) is 0 Å². The fourth-order valence-electron chi connectivity index (χ4n) is 2.61. The van der Waals surface area contributed by atoms with Gasteiger partial charge in [0, 0.05) is 0 Å². The number of benzene rings is 1. The van der Waals surface area contributed by atoms with E-state index in [4.69, 9.17) is 14.6 Å². The van der Waals surface area contributed by atoms with Gasteiger partial charge in [0.05, 0.1) is 5.57 Å². The molecule has 0 fully saturated rings. The first kappa shape index (κ1) is 17.3. The van der Waals surface area contributed by atoms with E-state index in [2.05, 4.69) is 10.1 Å². The molecule has 136 valence electrons. The van der Waals surface area contributed by atoms with E-state index in [1.54, 1.807) is 12.1 Å². The zero-order valence-electron chi connectivity index (χ0n) is 14.7. The molecule has 7 nitrogen and oxygen atoms in total. The highest BCUT2D eigenvalue weighted by Crippen LogP contribution is 2.29. The van der Waals surface area contributed by atoms with Crippen LogP contribution in [0.25, 0.3) is 6.08 Å². The Hall–Kier alpha value is -3.13. The standard InChI is InChI=1S/C19H16N4O3S/c1-11-4-3-5-13(8-11)25-10-16-22-23-17(20)15(18(24)21-19(23)27-16)9-14-7-6-12(2)26-14/h3-9,20H,10H2,1-2H3. The van der Waals surface area contributed by atoms with E-state index in [-0.39, 0.29) is 18.0 Å². The summed E-state index contributed by atoms with van der Waals surface area (Å²) in [7, 11) is 0. The number of thioether (sulfide) groups is 1. The quantitative estimate of drug-likeness (QED) is 0.819. The SMILES string of the molecule is Cc1cccc(OCC2=NN3C(=N)C(=Cc4ccc(C)o4)C(=O)N=C3S2)c1. The van der Waals surface area contributed by atoms with E-state index in [9.17, 15) is 4.79 Å². The van der Waals surface area contributed by atoms with Gasteiger partial charge in [-0.25, -0.2) is 0 Å². The molecule has 0 unspecified atom stereocenters. The van der Waals surface area contributed by atoms with Gasteiger partial charge in [-0.15, -0.1) is 0 Å². The Labute approximate surface area is 159 Å². The molecule has 4 rings (SSSR count). The Balaban J connectivity index is 1.52. The maximum absolute atomic E-state index is 12.3. The van der Waals surface area contributed by atoms with Crippen LogP contribution in [0.4, 0.5) is 0 Å². The molecule has 2 aromatic rings. The summed E-state index contributed by atoms with van der Waals surface area (Å²) in [5.74, 6) is 1.45. The Bertz CT molecular complexity index is 1040. The lowest BCUT2D eigenvalue weighted by Crippen LogP contribution is -2.35. The van der Waals surface area contributed by atoms with E-state index >= 15 is 0 Å². The van der Waals surface area contributed by atoms with Crippen LogP contribution < -0.4 is 4.74 Å². The van der Waals surface area contributed by atoms with Crippen molar-refractivity contribution in [2.24, 2.45) is 10.1 Å². The van der Waals surface area contributed by atoms with E-state index < -0.39 is 5.91 Å². The third-order valence-corrected chi connectivity index (χ3v) is 4.78. The maximum atomic E-state index is 12.3. The van der Waals surface area contributed by atoms with E-state index in [0.717, 1.165) is 17.1 Å². The van der Waals surface area contributed by atoms with Gasteiger partial charge in [-0.2, -0.15) is 15.1 Å². The van der Waals surface area contributed by atoms with Gasteiger partial charge in [-0.1, -0.05) is 12.1 Å². The summed E-state index contributed by atoms with van der Waals surface area (Å²) >= 11 is 1.23. The molecule has 1 amide bonds. The lowest BCUT2D eigenvalue weighted by Gasteiger charge is -2.19. The molecule has 3 heterocycles. The highest BCUT2D eigenvalue weighted by molar-refractivity contribution is 8.27. The van der Waals surface area contributed by atoms with Crippen LogP contribution in [0.2, 0.25) is 0 Å². The normalized spacial score (nSPS) is 17.9. The van der Waals surface area contributed by atoms with Gasteiger partial charge < -0.3 is 9.15 Å². The zero-order chi connectivity index (χ0) is 19.0. The Morgan fingerprint density at radius 1 is 1.30 bits per heavy atom. The second-order valence-corrected chi connectivity index (χ2v) is 7.11. The van der Waals surface area contributed by atoms with E-state index in [1.807, 2.05) is 38.1 Å². The number of aliphatic imine (C=N–C) groups is 1. The van der Waals surface area contributed by atoms with Crippen molar-refractivity contribution in [3.05, 3.63) is 59.1 Å². The summed E-state index contributed by atoms with van der Waals surface area (Å²) in [4.78, 5) is 16.4.